The van der Waals surface area contributed by atoms with Crippen LogP contribution in [0.4, 0.5) is 13.2 Å². The molecule has 0 aliphatic carbocycles. The minimum atomic E-state index is -4.59. The van der Waals surface area contributed by atoms with Gasteiger partial charge in [0.25, 0.3) is 0 Å². The molecule has 2 heterocycles. The summed E-state index contributed by atoms with van der Waals surface area (Å²) >= 11 is 0. The zero-order valence-electron chi connectivity index (χ0n) is 15.6. The lowest BCUT2D eigenvalue weighted by molar-refractivity contribution is -0.151. The molecule has 0 saturated carbocycles. The molecule has 150 valence electrons. The highest BCUT2D eigenvalue weighted by atomic mass is 19.4. The van der Waals surface area contributed by atoms with E-state index < -0.39 is 23.8 Å². The topological polar surface area (TPSA) is 78.8 Å². The number of rotatable bonds is 3. The number of hydrogen-bond donors (Lipinski definition) is 0. The predicted molar refractivity (Wildman–Crippen MR) is 88.4 cm³/mol. The third-order valence-electron chi connectivity index (χ3n) is 4.42. The number of hydrogen-bond acceptors (Lipinski definition) is 4. The van der Waals surface area contributed by atoms with Crippen LogP contribution >= 0.6 is 0 Å². The van der Waals surface area contributed by atoms with Gasteiger partial charge in [0.05, 0.1) is 6.54 Å². The fraction of sp³-hybridized carbons (Fsp3) is 0.625. The lowest BCUT2D eigenvalue weighted by atomic mass is 10.1. The summed E-state index contributed by atoms with van der Waals surface area (Å²) in [5.74, 6) is -1.06. The molecule has 1 aromatic heterocycles. The lowest BCUT2D eigenvalue weighted by Gasteiger charge is -2.41. The molecule has 1 atom stereocenters. The largest absolute Gasteiger partial charge is 0.435 e. The number of amides is 3. The number of halogens is 3. The second kappa shape index (κ2) is 7.57. The highest BCUT2D eigenvalue weighted by Crippen LogP contribution is 2.28. The molecule has 0 spiro atoms. The Morgan fingerprint density at radius 1 is 1.26 bits per heavy atom. The number of nitrogens with zero attached hydrogens (tertiary/aromatic N) is 5. The summed E-state index contributed by atoms with van der Waals surface area (Å²) in [6.45, 7) is 2.77. The Morgan fingerprint density at radius 2 is 1.89 bits per heavy atom. The van der Waals surface area contributed by atoms with E-state index in [1.54, 1.807) is 14.1 Å². The van der Waals surface area contributed by atoms with Crippen LogP contribution in [0.25, 0.3) is 0 Å². The van der Waals surface area contributed by atoms with Crippen LogP contribution in [0.5, 0.6) is 0 Å². The van der Waals surface area contributed by atoms with Crippen molar-refractivity contribution in [3.8, 4) is 0 Å². The highest BCUT2D eigenvalue weighted by molar-refractivity contribution is 5.88. The van der Waals surface area contributed by atoms with Gasteiger partial charge in [-0.15, -0.1) is 0 Å². The number of likely N-dealkylation sites (N-methyl/N-ethyl adjacent to an activating group) is 1. The van der Waals surface area contributed by atoms with Crippen LogP contribution in [-0.4, -0.2) is 82.0 Å². The molecule has 0 aromatic carbocycles. The number of carbonyl (C=O) groups excluding carboxylic acids is 3. The molecular weight excluding hydrogens is 367 g/mol. The van der Waals surface area contributed by atoms with E-state index in [9.17, 15) is 27.6 Å². The molecule has 0 radical (unpaired) electrons. The summed E-state index contributed by atoms with van der Waals surface area (Å²) < 4.78 is 39.3. The van der Waals surface area contributed by atoms with Gasteiger partial charge in [0, 0.05) is 39.8 Å². The van der Waals surface area contributed by atoms with Crippen LogP contribution in [0.15, 0.2) is 6.07 Å². The fourth-order valence-corrected chi connectivity index (χ4v) is 2.93. The maximum Gasteiger partial charge on any atom is 0.435 e. The number of alkyl halides is 3. The molecular formula is C16H22F3N5O3. The van der Waals surface area contributed by atoms with Gasteiger partial charge in [0.15, 0.2) is 5.69 Å². The number of carbonyl (C=O) groups is 3. The molecule has 1 saturated heterocycles. The summed E-state index contributed by atoms with van der Waals surface area (Å²) in [5.41, 5.74) is -0.853. The van der Waals surface area contributed by atoms with E-state index in [0.717, 1.165) is 10.7 Å². The summed E-state index contributed by atoms with van der Waals surface area (Å²) in [7, 11) is 3.10. The van der Waals surface area contributed by atoms with Crippen LogP contribution < -0.4 is 0 Å². The monoisotopic (exact) mass is 389 g/mol. The van der Waals surface area contributed by atoms with Gasteiger partial charge in [-0.1, -0.05) is 0 Å². The van der Waals surface area contributed by atoms with Gasteiger partial charge in [0.2, 0.25) is 17.7 Å². The lowest BCUT2D eigenvalue weighted by Crippen LogP contribution is -2.61. The van der Waals surface area contributed by atoms with Crippen molar-refractivity contribution < 1.29 is 27.6 Å². The Labute approximate surface area is 154 Å². The number of aromatic nitrogens is 2. The molecule has 8 nitrogen and oxygen atoms in total. The molecule has 0 bridgehead atoms. The first-order valence-corrected chi connectivity index (χ1v) is 8.29. The molecule has 27 heavy (non-hydrogen) atoms. The quantitative estimate of drug-likeness (QED) is 0.748. The fourth-order valence-electron chi connectivity index (χ4n) is 2.93. The van der Waals surface area contributed by atoms with E-state index in [1.807, 2.05) is 0 Å². The van der Waals surface area contributed by atoms with E-state index >= 15 is 0 Å². The van der Waals surface area contributed by atoms with Crippen LogP contribution in [0, 0.1) is 6.92 Å². The molecule has 2 rings (SSSR count). The van der Waals surface area contributed by atoms with E-state index in [2.05, 4.69) is 5.10 Å². The Morgan fingerprint density at radius 3 is 2.37 bits per heavy atom. The van der Waals surface area contributed by atoms with Crippen LogP contribution in [-0.2, 0) is 27.1 Å². The molecule has 3 amide bonds. The molecule has 1 aliphatic rings. The van der Waals surface area contributed by atoms with Crippen molar-refractivity contribution in [2.45, 2.75) is 32.6 Å². The van der Waals surface area contributed by atoms with Gasteiger partial charge >= 0.3 is 6.18 Å². The smallest absolute Gasteiger partial charge is 0.347 e. The van der Waals surface area contributed by atoms with E-state index in [4.69, 9.17) is 0 Å². The molecule has 0 unspecified atom stereocenters. The van der Waals surface area contributed by atoms with Gasteiger partial charge in [-0.25, -0.2) is 0 Å². The highest BCUT2D eigenvalue weighted by Gasteiger charge is 2.37. The average Bonchev–Trinajstić information content (AvgIpc) is 2.94. The van der Waals surface area contributed by atoms with Crippen molar-refractivity contribution in [3.05, 3.63) is 17.5 Å². The zero-order valence-corrected chi connectivity index (χ0v) is 15.6. The van der Waals surface area contributed by atoms with Crippen molar-refractivity contribution in [1.82, 2.24) is 24.5 Å². The van der Waals surface area contributed by atoms with Crippen molar-refractivity contribution in [3.63, 3.8) is 0 Å². The molecule has 0 N–H and O–H groups in total. The summed E-state index contributed by atoms with van der Waals surface area (Å²) in [5, 5.41) is 3.45. The summed E-state index contributed by atoms with van der Waals surface area (Å²) in [4.78, 5) is 40.8. The first-order valence-electron chi connectivity index (χ1n) is 8.29. The summed E-state index contributed by atoms with van der Waals surface area (Å²) in [6.07, 6.45) is -4.59. The Balaban J connectivity index is 2.14. The van der Waals surface area contributed by atoms with Crippen molar-refractivity contribution in [2.24, 2.45) is 0 Å². The SMILES string of the molecule is CC(=O)N1CCN(C(=O)Cn2nc(C(F)(F)F)cc2C)C[C@H]1C(=O)N(C)C. The van der Waals surface area contributed by atoms with Crippen molar-refractivity contribution in [2.75, 3.05) is 33.7 Å². The standard InChI is InChI=1S/C16H22F3N5O3/c1-10-7-13(16(17,18)19)20-24(10)9-14(26)22-5-6-23(11(2)25)12(8-22)15(27)21(3)4/h7,12H,5-6,8-9H2,1-4H3/t12-/m0/s1. The van der Waals surface area contributed by atoms with E-state index in [0.29, 0.717) is 0 Å². The zero-order chi connectivity index (χ0) is 20.5. The van der Waals surface area contributed by atoms with Crippen molar-refractivity contribution >= 4 is 17.7 Å². The Kier molecular flexibility index (Phi) is 5.81. The van der Waals surface area contributed by atoms with Gasteiger partial charge < -0.3 is 14.7 Å². The first kappa shape index (κ1) is 20.7. The molecule has 1 aromatic rings. The maximum atomic E-state index is 12.8. The van der Waals surface area contributed by atoms with Gasteiger partial charge in [-0.3, -0.25) is 19.1 Å². The second-order valence-corrected chi connectivity index (χ2v) is 6.63. The second-order valence-electron chi connectivity index (χ2n) is 6.63. The minimum absolute atomic E-state index is 0.0120. The predicted octanol–water partition coefficient (Wildman–Crippen LogP) is 0.358. The van der Waals surface area contributed by atoms with Crippen LogP contribution in [0.3, 0.4) is 0 Å². The Bertz CT molecular complexity index is 744. The molecule has 1 aliphatic heterocycles. The minimum Gasteiger partial charge on any atom is -0.347 e. The van der Waals surface area contributed by atoms with Crippen LogP contribution in [0.2, 0.25) is 0 Å². The van der Waals surface area contributed by atoms with Crippen molar-refractivity contribution in [1.29, 1.82) is 0 Å². The number of piperazine rings is 1. The molecule has 11 heteroatoms. The van der Waals surface area contributed by atoms with Gasteiger partial charge in [-0.2, -0.15) is 18.3 Å². The number of aryl methyl sites for hydroxylation is 1. The third kappa shape index (κ3) is 4.58. The van der Waals surface area contributed by atoms with Crippen LogP contribution in [0.1, 0.15) is 18.3 Å². The normalized spacial score (nSPS) is 17.8. The third-order valence-corrected chi connectivity index (χ3v) is 4.42. The van der Waals surface area contributed by atoms with Gasteiger partial charge in [-0.05, 0) is 13.0 Å². The first-order chi connectivity index (χ1) is 12.4. The summed E-state index contributed by atoms with van der Waals surface area (Å²) in [6, 6.07) is 0.0546. The van der Waals surface area contributed by atoms with E-state index in [1.165, 1.54) is 28.5 Å². The average molecular weight is 389 g/mol. The Hall–Kier alpha value is -2.59. The van der Waals surface area contributed by atoms with Gasteiger partial charge in [0.1, 0.15) is 12.6 Å². The maximum absolute atomic E-state index is 12.8. The van der Waals surface area contributed by atoms with E-state index in [-0.39, 0.29) is 43.7 Å². The molecule has 1 fully saturated rings.